The van der Waals surface area contributed by atoms with Crippen LogP contribution in [0.15, 0.2) is 0 Å². The van der Waals surface area contributed by atoms with Crippen LogP contribution in [0.25, 0.3) is 0 Å². The Labute approximate surface area is 61.2 Å². The summed E-state index contributed by atoms with van der Waals surface area (Å²) in [6, 6.07) is 0. The molecule has 0 aromatic heterocycles. The van der Waals surface area contributed by atoms with Gasteiger partial charge in [0.05, 0.1) is 26.7 Å². The lowest BCUT2D eigenvalue weighted by molar-refractivity contribution is -0.917. The topological polar surface area (TPSA) is 0 Å². The van der Waals surface area contributed by atoms with E-state index in [1.807, 2.05) is 0 Å². The van der Waals surface area contributed by atoms with Gasteiger partial charge < -0.3 is 4.48 Å². The Balaban J connectivity index is 0. The second kappa shape index (κ2) is 2.74. The molecule has 0 bridgehead atoms. The molecule has 0 unspecified atom stereocenters. The van der Waals surface area contributed by atoms with Crippen LogP contribution in [0, 0.1) is 0 Å². The van der Waals surface area contributed by atoms with E-state index in [-0.39, 0.29) is 8.41 Å². The normalized spacial score (nSPS) is 12.7. The third-order valence-corrected chi connectivity index (χ3v) is 2.01. The van der Waals surface area contributed by atoms with Crippen molar-refractivity contribution in [2.75, 3.05) is 21.1 Å². The minimum absolute atomic E-state index is 0. The van der Waals surface area contributed by atoms with Crippen LogP contribution in [-0.4, -0.2) is 39.6 Å². The van der Waals surface area contributed by atoms with Crippen LogP contribution < -0.4 is 0 Å². The lowest BCUT2D eigenvalue weighted by atomic mass is 10.1. The zero-order chi connectivity index (χ0) is 7.00. The first kappa shape index (κ1) is 11.8. The van der Waals surface area contributed by atoms with Crippen LogP contribution in [0.3, 0.4) is 0 Å². The highest BCUT2D eigenvalue weighted by atomic mass is 15.3. The SMILES string of the molecule is CC(C)(C)[N+](C)(C)C.[BH4-]. The van der Waals surface area contributed by atoms with Crippen molar-refractivity contribution in [3.05, 3.63) is 0 Å². The molecule has 0 fully saturated rings. The second-order valence-corrected chi connectivity index (χ2v) is 4.18. The van der Waals surface area contributed by atoms with Crippen LogP contribution in [0.4, 0.5) is 0 Å². The van der Waals surface area contributed by atoms with Gasteiger partial charge in [0, 0.05) is 0 Å². The maximum atomic E-state index is 2.24. The van der Waals surface area contributed by atoms with E-state index in [2.05, 4.69) is 41.9 Å². The Hall–Kier alpha value is 0.0249. The fraction of sp³-hybridized carbons (Fsp3) is 1.00. The Morgan fingerprint density at radius 1 is 0.889 bits per heavy atom. The van der Waals surface area contributed by atoms with E-state index >= 15 is 0 Å². The van der Waals surface area contributed by atoms with Crippen molar-refractivity contribution in [3.63, 3.8) is 0 Å². The molecule has 0 aliphatic carbocycles. The van der Waals surface area contributed by atoms with Crippen LogP contribution in [0.1, 0.15) is 20.8 Å². The Kier molecular flexibility index (Phi) is 3.58. The smallest absolute Gasteiger partial charge is 0.0901 e. The lowest BCUT2D eigenvalue weighted by Crippen LogP contribution is -2.50. The molecule has 0 aromatic rings. The van der Waals surface area contributed by atoms with Crippen LogP contribution >= 0.6 is 0 Å². The lowest BCUT2D eigenvalue weighted by Gasteiger charge is -2.38. The molecular formula is C7H22BN. The molecule has 0 spiro atoms. The van der Waals surface area contributed by atoms with Gasteiger partial charge in [-0.3, -0.25) is 0 Å². The first-order valence-electron chi connectivity index (χ1n) is 3.07. The molecule has 0 rings (SSSR count). The monoisotopic (exact) mass is 131 g/mol. The van der Waals surface area contributed by atoms with Crippen molar-refractivity contribution >= 4 is 8.41 Å². The van der Waals surface area contributed by atoms with Crippen molar-refractivity contribution in [3.8, 4) is 0 Å². The van der Waals surface area contributed by atoms with E-state index < -0.39 is 0 Å². The summed E-state index contributed by atoms with van der Waals surface area (Å²) < 4.78 is 1.02. The van der Waals surface area contributed by atoms with Crippen LogP contribution in [0.5, 0.6) is 0 Å². The summed E-state index contributed by atoms with van der Waals surface area (Å²) >= 11 is 0. The molecule has 0 saturated carbocycles. The molecule has 58 valence electrons. The van der Waals surface area contributed by atoms with Gasteiger partial charge in [-0.2, -0.15) is 0 Å². The summed E-state index contributed by atoms with van der Waals surface area (Å²) in [5, 5.41) is 0. The average Bonchev–Trinajstić information content (AvgIpc) is 1.25. The molecule has 0 aromatic carbocycles. The molecule has 0 saturated heterocycles. The van der Waals surface area contributed by atoms with Crippen LogP contribution in [-0.2, 0) is 0 Å². The molecule has 0 amide bonds. The third-order valence-electron chi connectivity index (χ3n) is 2.01. The maximum Gasteiger partial charge on any atom is 0.0901 e. The molecule has 9 heavy (non-hydrogen) atoms. The predicted molar refractivity (Wildman–Crippen MR) is 49.1 cm³/mol. The number of hydrogen-bond donors (Lipinski definition) is 0. The predicted octanol–water partition coefficient (Wildman–Crippen LogP) is 0.0395. The van der Waals surface area contributed by atoms with Gasteiger partial charge in [0.25, 0.3) is 0 Å². The van der Waals surface area contributed by atoms with Gasteiger partial charge in [-0.1, -0.05) is 8.41 Å². The number of nitrogens with zero attached hydrogens (tertiary/aromatic N) is 1. The molecule has 0 aliphatic rings. The van der Waals surface area contributed by atoms with E-state index in [0.717, 1.165) is 4.48 Å². The number of quaternary nitrogens is 1. The first-order chi connectivity index (χ1) is 3.25. The molecule has 0 atom stereocenters. The fourth-order valence-electron chi connectivity index (χ4n) is 0. The third kappa shape index (κ3) is 3.58. The number of hydrogen-bond acceptors (Lipinski definition) is 0. The molecule has 2 heteroatoms. The Morgan fingerprint density at radius 2 is 1.00 bits per heavy atom. The van der Waals surface area contributed by atoms with E-state index in [0.29, 0.717) is 5.54 Å². The quantitative estimate of drug-likeness (QED) is 0.321. The van der Waals surface area contributed by atoms with Crippen LogP contribution in [0.2, 0.25) is 0 Å². The molecule has 0 heterocycles. The van der Waals surface area contributed by atoms with Gasteiger partial charge in [0.15, 0.2) is 0 Å². The van der Waals surface area contributed by atoms with Crippen molar-refractivity contribution in [2.24, 2.45) is 0 Å². The van der Waals surface area contributed by atoms with Gasteiger partial charge >= 0.3 is 0 Å². The molecule has 1 nitrogen and oxygen atoms in total. The molecular weight excluding hydrogens is 109 g/mol. The van der Waals surface area contributed by atoms with Gasteiger partial charge in [0.1, 0.15) is 0 Å². The minimum atomic E-state index is 0. The summed E-state index contributed by atoms with van der Waals surface area (Å²) in [5.74, 6) is 0. The Bertz CT molecular complexity index is 63.9. The number of rotatable bonds is 0. The largest absolute Gasteiger partial charge is 0.327 e. The molecule has 0 radical (unpaired) electrons. The molecule has 0 aliphatic heterocycles. The fourth-order valence-corrected chi connectivity index (χ4v) is 0. The van der Waals surface area contributed by atoms with Gasteiger partial charge in [-0.15, -0.1) is 0 Å². The van der Waals surface area contributed by atoms with Crippen molar-refractivity contribution < 1.29 is 4.48 Å². The van der Waals surface area contributed by atoms with Crippen molar-refractivity contribution in [1.82, 2.24) is 0 Å². The summed E-state index contributed by atoms with van der Waals surface area (Å²) in [5.41, 5.74) is 0.375. The highest BCUT2D eigenvalue weighted by Gasteiger charge is 2.25. The zero-order valence-electron chi connectivity index (χ0n) is 6.95. The van der Waals surface area contributed by atoms with E-state index in [9.17, 15) is 0 Å². The van der Waals surface area contributed by atoms with E-state index in [1.54, 1.807) is 0 Å². The first-order valence-corrected chi connectivity index (χ1v) is 3.07. The average molecular weight is 131 g/mol. The van der Waals surface area contributed by atoms with E-state index in [1.165, 1.54) is 0 Å². The van der Waals surface area contributed by atoms with Gasteiger partial charge in [-0.25, -0.2) is 0 Å². The highest BCUT2D eigenvalue weighted by Crippen LogP contribution is 2.14. The summed E-state index contributed by atoms with van der Waals surface area (Å²) in [6.07, 6.45) is 0. The summed E-state index contributed by atoms with van der Waals surface area (Å²) in [4.78, 5) is 0. The van der Waals surface area contributed by atoms with Crippen molar-refractivity contribution in [1.29, 1.82) is 0 Å². The highest BCUT2D eigenvalue weighted by molar-refractivity contribution is 5.75. The zero-order valence-corrected chi connectivity index (χ0v) is 6.95. The molecule has 0 N–H and O–H groups in total. The van der Waals surface area contributed by atoms with Gasteiger partial charge in [0.2, 0.25) is 0 Å². The maximum absolute atomic E-state index is 2.24. The Morgan fingerprint density at radius 3 is 1.00 bits per heavy atom. The van der Waals surface area contributed by atoms with E-state index in [4.69, 9.17) is 0 Å². The van der Waals surface area contributed by atoms with Gasteiger partial charge in [-0.05, 0) is 20.8 Å². The summed E-state index contributed by atoms with van der Waals surface area (Å²) in [7, 11) is 6.62. The minimum Gasteiger partial charge on any atom is -0.327 e. The second-order valence-electron chi connectivity index (χ2n) is 4.18. The van der Waals surface area contributed by atoms with Crippen molar-refractivity contribution in [2.45, 2.75) is 26.3 Å². The summed E-state index contributed by atoms with van der Waals surface area (Å²) in [6.45, 7) is 6.73. The standard InChI is InChI=1S/C7H18N.BH4/c1-7(2,3)8(4,5)6;/h1-6H3;1H4/q+1;-1.